The number of alkyl halides is 3. The number of H-pyrrole nitrogens is 1. The van der Waals surface area contributed by atoms with Crippen molar-refractivity contribution in [1.82, 2.24) is 24.6 Å². The highest BCUT2D eigenvalue weighted by Crippen LogP contribution is 2.27. The van der Waals surface area contributed by atoms with E-state index in [0.29, 0.717) is 28.8 Å². The Bertz CT molecular complexity index is 1320. The van der Waals surface area contributed by atoms with Gasteiger partial charge < -0.3 is 19.3 Å². The van der Waals surface area contributed by atoms with Crippen LogP contribution in [0.3, 0.4) is 0 Å². The quantitative estimate of drug-likeness (QED) is 0.377. The number of rotatable bonds is 9. The van der Waals surface area contributed by atoms with Crippen LogP contribution in [0.5, 0.6) is 17.6 Å². The van der Waals surface area contributed by atoms with E-state index in [1.807, 2.05) is 0 Å². The number of fused-ring (bicyclic) bond motifs is 1. The first-order valence-corrected chi connectivity index (χ1v) is 9.98. The number of ether oxygens (including phenoxy) is 3. The summed E-state index contributed by atoms with van der Waals surface area (Å²) in [5, 5.41) is 15.2. The van der Waals surface area contributed by atoms with Gasteiger partial charge >= 0.3 is 18.1 Å². The minimum absolute atomic E-state index is 0.0716. The van der Waals surface area contributed by atoms with E-state index < -0.39 is 12.1 Å². The molecule has 10 nitrogen and oxygen atoms in total. The van der Waals surface area contributed by atoms with E-state index in [0.717, 1.165) is 0 Å². The van der Waals surface area contributed by atoms with Gasteiger partial charge in [0.25, 0.3) is 0 Å². The fourth-order valence-electron chi connectivity index (χ4n) is 3.15. The maximum absolute atomic E-state index is 12.4. The first-order valence-electron chi connectivity index (χ1n) is 9.98. The molecule has 1 aromatic carbocycles. The average Bonchev–Trinajstić information content (AvgIpc) is 3.18. The predicted octanol–water partition coefficient (Wildman–Crippen LogP) is 2.37. The van der Waals surface area contributed by atoms with Crippen molar-refractivity contribution >= 4 is 5.65 Å². The molecular weight excluding hydrogens is 459 g/mol. The molecule has 0 atom stereocenters. The number of aromatic amines is 1. The van der Waals surface area contributed by atoms with Crippen molar-refractivity contribution in [1.29, 1.82) is 0 Å². The summed E-state index contributed by atoms with van der Waals surface area (Å²) < 4.78 is 53.2. The van der Waals surface area contributed by atoms with Gasteiger partial charge in [-0.05, 0) is 29.3 Å². The number of halogens is 3. The van der Waals surface area contributed by atoms with Gasteiger partial charge in [-0.25, -0.2) is 19.3 Å². The molecule has 0 unspecified atom stereocenters. The molecule has 0 aliphatic rings. The van der Waals surface area contributed by atoms with Crippen molar-refractivity contribution in [2.45, 2.75) is 12.8 Å². The molecule has 0 fully saturated rings. The summed E-state index contributed by atoms with van der Waals surface area (Å²) in [5.41, 5.74) is 1.73. The second kappa shape index (κ2) is 9.79. The highest BCUT2D eigenvalue weighted by Gasteiger charge is 2.31. The molecular formula is C21H18F3N5O5. The van der Waals surface area contributed by atoms with Gasteiger partial charge in [-0.2, -0.15) is 10.1 Å². The number of benzene rings is 1. The molecule has 0 bridgehead atoms. The number of pyridine rings is 1. The Kier molecular flexibility index (Phi) is 6.63. The van der Waals surface area contributed by atoms with E-state index in [-0.39, 0.29) is 37.5 Å². The monoisotopic (exact) mass is 477 g/mol. The third-order valence-electron chi connectivity index (χ3n) is 4.56. The van der Waals surface area contributed by atoms with Gasteiger partial charge in [0, 0.05) is 30.4 Å². The lowest BCUT2D eigenvalue weighted by Gasteiger charge is -2.11. The number of aromatic nitrogens is 5. The molecule has 34 heavy (non-hydrogen) atoms. The predicted molar refractivity (Wildman–Crippen MR) is 112 cm³/mol. The van der Waals surface area contributed by atoms with Crippen LogP contribution in [-0.2, 0) is 6.42 Å². The van der Waals surface area contributed by atoms with Crippen molar-refractivity contribution in [2.75, 3.05) is 19.8 Å². The van der Waals surface area contributed by atoms with Crippen molar-refractivity contribution < 1.29 is 32.5 Å². The molecule has 178 valence electrons. The third-order valence-corrected chi connectivity index (χ3v) is 4.56. The zero-order valence-corrected chi connectivity index (χ0v) is 17.5. The highest BCUT2D eigenvalue weighted by molar-refractivity contribution is 5.67. The Hall–Kier alpha value is -4.13. The van der Waals surface area contributed by atoms with E-state index in [2.05, 4.69) is 24.9 Å². The molecule has 2 N–H and O–H groups in total. The zero-order valence-electron chi connectivity index (χ0n) is 17.5. The SMILES string of the molecule is O=c1[nH]nc2c(CCOc3nccc(OCCO)n3)cc(-c3ccc(OC(F)(F)F)cc3)cn12. The normalized spacial score (nSPS) is 11.5. The summed E-state index contributed by atoms with van der Waals surface area (Å²) >= 11 is 0. The Labute approximate surface area is 189 Å². The van der Waals surface area contributed by atoms with Crippen LogP contribution in [0.1, 0.15) is 5.56 Å². The van der Waals surface area contributed by atoms with Crippen LogP contribution in [0, 0.1) is 0 Å². The molecule has 0 aliphatic carbocycles. The topological polar surface area (TPSA) is 124 Å². The van der Waals surface area contributed by atoms with Crippen molar-refractivity contribution in [2.24, 2.45) is 0 Å². The molecule has 13 heteroatoms. The summed E-state index contributed by atoms with van der Waals surface area (Å²) in [4.78, 5) is 20.2. The summed E-state index contributed by atoms with van der Waals surface area (Å²) in [6.45, 7) is 0.0636. The minimum atomic E-state index is -4.79. The second-order valence-corrected chi connectivity index (χ2v) is 6.90. The average molecular weight is 477 g/mol. The van der Waals surface area contributed by atoms with Gasteiger partial charge in [0.05, 0.1) is 13.2 Å². The van der Waals surface area contributed by atoms with Crippen LogP contribution < -0.4 is 19.9 Å². The van der Waals surface area contributed by atoms with E-state index >= 15 is 0 Å². The lowest BCUT2D eigenvalue weighted by atomic mass is 10.0. The highest BCUT2D eigenvalue weighted by atomic mass is 19.4. The number of hydrogen-bond donors (Lipinski definition) is 2. The molecule has 4 rings (SSSR count). The van der Waals surface area contributed by atoms with Gasteiger partial charge in [-0.3, -0.25) is 0 Å². The smallest absolute Gasteiger partial charge is 0.475 e. The Morgan fingerprint density at radius 3 is 2.59 bits per heavy atom. The minimum Gasteiger partial charge on any atom is -0.475 e. The van der Waals surface area contributed by atoms with Crippen LogP contribution in [0.25, 0.3) is 16.8 Å². The Morgan fingerprint density at radius 1 is 1.06 bits per heavy atom. The van der Waals surface area contributed by atoms with E-state index in [4.69, 9.17) is 14.6 Å². The molecule has 0 saturated carbocycles. The second-order valence-electron chi connectivity index (χ2n) is 6.90. The van der Waals surface area contributed by atoms with Crippen molar-refractivity contribution in [3.05, 3.63) is 64.8 Å². The van der Waals surface area contributed by atoms with Crippen LogP contribution >= 0.6 is 0 Å². The number of aliphatic hydroxyl groups is 1. The van der Waals surface area contributed by atoms with Gasteiger partial charge in [-0.1, -0.05) is 12.1 Å². The number of nitrogens with zero attached hydrogens (tertiary/aromatic N) is 4. The summed E-state index contributed by atoms with van der Waals surface area (Å²) in [5.74, 6) is -0.100. The summed E-state index contributed by atoms with van der Waals surface area (Å²) in [7, 11) is 0. The van der Waals surface area contributed by atoms with Crippen LogP contribution in [0.4, 0.5) is 13.2 Å². The standard InChI is InChI=1S/C21H18F3N5O5/c22-21(23,24)34-16-3-1-13(2-4-16)15-11-14(18-27-28-20(31)29(18)12-15)6-9-33-19-25-7-5-17(26-19)32-10-8-30/h1-5,7,11-12,30H,6,8-10H2,(H,28,31). The van der Waals surface area contributed by atoms with E-state index in [9.17, 15) is 18.0 Å². The maximum atomic E-state index is 12.4. The molecule has 0 amide bonds. The van der Waals surface area contributed by atoms with Gasteiger partial charge in [0.1, 0.15) is 12.4 Å². The van der Waals surface area contributed by atoms with Crippen LogP contribution in [0.15, 0.2) is 53.6 Å². The van der Waals surface area contributed by atoms with Crippen LogP contribution in [0.2, 0.25) is 0 Å². The molecule has 0 aliphatic heterocycles. The Morgan fingerprint density at radius 2 is 1.85 bits per heavy atom. The largest absolute Gasteiger partial charge is 0.573 e. The van der Waals surface area contributed by atoms with E-state index in [1.54, 1.807) is 6.07 Å². The number of hydrogen-bond acceptors (Lipinski definition) is 8. The van der Waals surface area contributed by atoms with Gasteiger partial charge in [0.2, 0.25) is 5.88 Å². The van der Waals surface area contributed by atoms with Gasteiger partial charge in [-0.15, -0.1) is 13.2 Å². The zero-order chi connectivity index (χ0) is 24.1. The fraction of sp³-hybridized carbons (Fsp3) is 0.238. The molecule has 0 spiro atoms. The summed E-state index contributed by atoms with van der Waals surface area (Å²) in [6.07, 6.45) is -1.47. The molecule has 3 heterocycles. The van der Waals surface area contributed by atoms with Crippen LogP contribution in [-0.4, -0.2) is 55.9 Å². The number of aliphatic hydroxyl groups excluding tert-OH is 1. The first kappa shape index (κ1) is 23.0. The Balaban J connectivity index is 1.53. The van der Waals surface area contributed by atoms with Crippen molar-refractivity contribution in [3.63, 3.8) is 0 Å². The van der Waals surface area contributed by atoms with E-state index in [1.165, 1.54) is 47.1 Å². The maximum Gasteiger partial charge on any atom is 0.573 e. The molecule has 0 radical (unpaired) electrons. The van der Waals surface area contributed by atoms with Gasteiger partial charge in [0.15, 0.2) is 5.65 Å². The summed E-state index contributed by atoms with van der Waals surface area (Å²) in [6, 6.07) is 8.66. The molecule has 0 saturated heterocycles. The van der Waals surface area contributed by atoms with Crippen molar-refractivity contribution in [3.8, 4) is 28.8 Å². The fourth-order valence-corrected chi connectivity index (χ4v) is 3.15. The first-order chi connectivity index (χ1) is 16.3. The lowest BCUT2D eigenvalue weighted by molar-refractivity contribution is -0.274. The third kappa shape index (κ3) is 5.61. The lowest BCUT2D eigenvalue weighted by Crippen LogP contribution is -2.16. The molecule has 4 aromatic rings. The molecule has 3 aromatic heterocycles. The number of nitrogens with one attached hydrogen (secondary N) is 1.